The van der Waals surface area contributed by atoms with Gasteiger partial charge in [0, 0.05) is 0 Å². The molecule has 2 heterocycles. The van der Waals surface area contributed by atoms with Crippen molar-refractivity contribution in [2.75, 3.05) is 19.8 Å². The van der Waals surface area contributed by atoms with Crippen LogP contribution in [0.4, 0.5) is 0 Å². The fourth-order valence-corrected chi connectivity index (χ4v) is 8.50. The summed E-state index contributed by atoms with van der Waals surface area (Å²) in [6.45, 7) is -1.22. The van der Waals surface area contributed by atoms with Crippen LogP contribution in [0.5, 0.6) is 0 Å². The van der Waals surface area contributed by atoms with E-state index >= 15 is 0 Å². The van der Waals surface area contributed by atoms with Crippen molar-refractivity contribution < 1.29 is 76.1 Å². The molecule has 0 saturated carbocycles. The Hall–Kier alpha value is -9.06. The van der Waals surface area contributed by atoms with Gasteiger partial charge in [-0.25, -0.2) is 28.8 Å². The Morgan fingerprint density at radius 1 is 0.372 bits per heavy atom. The summed E-state index contributed by atoms with van der Waals surface area (Å²) in [5.41, 5.74) is 1.62. The quantitative estimate of drug-likeness (QED) is 0.0549. The molecule has 2 aliphatic rings. The Kier molecular flexibility index (Phi) is 18.3. The lowest BCUT2D eigenvalue weighted by atomic mass is 9.97. The van der Waals surface area contributed by atoms with E-state index in [9.17, 15) is 28.8 Å². The lowest BCUT2D eigenvalue weighted by Crippen LogP contribution is -2.64. The Morgan fingerprint density at radius 2 is 0.705 bits per heavy atom. The molecule has 7 aromatic carbocycles. The summed E-state index contributed by atoms with van der Waals surface area (Å²) in [4.78, 5) is 84.4. The SMILES string of the molecule is O=C(O[C@@H]1[C@@H](OC(=O)c2ccccc2)[C@H](OC/C=C/c2ccccc2)O[C@H](CO[C@@H]2OC[C@H](OC(=O)c3ccccc3)[C@H](OC(=O)c3ccccc3)[C@H]2OC(=O)c2ccccc2)[C@H]1OC(=O)c1ccccc1)c1ccccc1. The molecule has 2 aliphatic heterocycles. The monoisotopic (exact) mass is 1050 g/mol. The van der Waals surface area contributed by atoms with Crippen molar-refractivity contribution in [3.8, 4) is 0 Å². The summed E-state index contributed by atoms with van der Waals surface area (Å²) in [5, 5.41) is 0. The van der Waals surface area contributed by atoms with Crippen LogP contribution in [0.25, 0.3) is 6.08 Å². The highest BCUT2D eigenvalue weighted by molar-refractivity contribution is 5.92. The maximum absolute atomic E-state index is 14.3. The van der Waals surface area contributed by atoms with Gasteiger partial charge in [-0.3, -0.25) is 0 Å². The van der Waals surface area contributed by atoms with Crippen molar-refractivity contribution in [3.05, 3.63) is 257 Å². The molecule has 0 radical (unpaired) electrons. The van der Waals surface area contributed by atoms with Gasteiger partial charge in [0.2, 0.25) is 0 Å². The zero-order chi connectivity index (χ0) is 54.1. The molecule has 78 heavy (non-hydrogen) atoms. The van der Waals surface area contributed by atoms with Crippen molar-refractivity contribution >= 4 is 41.9 Å². The highest BCUT2D eigenvalue weighted by atomic mass is 16.8. The molecule has 2 fully saturated rings. The second kappa shape index (κ2) is 26.6. The number of hydrogen-bond donors (Lipinski definition) is 0. The number of ether oxygens (including phenoxy) is 10. The second-order valence-electron chi connectivity index (χ2n) is 17.7. The van der Waals surface area contributed by atoms with Gasteiger partial charge in [-0.15, -0.1) is 0 Å². The van der Waals surface area contributed by atoms with E-state index in [2.05, 4.69) is 0 Å². The fraction of sp³-hybridized carbons (Fsp3) is 0.194. The molecule has 0 aromatic heterocycles. The number of carbonyl (C=O) groups excluding carboxylic acids is 6. The molecule has 9 atom stereocenters. The van der Waals surface area contributed by atoms with E-state index in [-0.39, 0.29) is 40.0 Å². The van der Waals surface area contributed by atoms with Crippen LogP contribution < -0.4 is 0 Å². The van der Waals surface area contributed by atoms with E-state index < -0.39 is 104 Å². The van der Waals surface area contributed by atoms with Gasteiger partial charge < -0.3 is 47.4 Å². The van der Waals surface area contributed by atoms with E-state index in [1.54, 1.807) is 121 Å². The summed E-state index contributed by atoms with van der Waals surface area (Å²) in [6, 6.07) is 57.5. The van der Waals surface area contributed by atoms with Gasteiger partial charge in [0.05, 0.1) is 53.2 Å². The zero-order valence-corrected chi connectivity index (χ0v) is 41.7. The summed E-state index contributed by atoms with van der Waals surface area (Å²) in [6.07, 6.45) is -10.8. The zero-order valence-electron chi connectivity index (χ0n) is 41.7. The molecule has 2 saturated heterocycles. The van der Waals surface area contributed by atoms with Crippen molar-refractivity contribution in [3.63, 3.8) is 0 Å². The van der Waals surface area contributed by atoms with Crippen molar-refractivity contribution in [1.82, 2.24) is 0 Å². The van der Waals surface area contributed by atoms with Crippen LogP contribution in [0.2, 0.25) is 0 Å². The summed E-state index contributed by atoms with van der Waals surface area (Å²) in [7, 11) is 0. The number of hydrogen-bond acceptors (Lipinski definition) is 16. The molecule has 7 aromatic rings. The maximum atomic E-state index is 14.3. The molecule has 396 valence electrons. The fourth-order valence-electron chi connectivity index (χ4n) is 8.50. The summed E-state index contributed by atoms with van der Waals surface area (Å²) < 4.78 is 62.8. The summed E-state index contributed by atoms with van der Waals surface area (Å²) >= 11 is 0. The normalized spacial score (nSPS) is 21.8. The van der Waals surface area contributed by atoms with Crippen LogP contribution in [-0.4, -0.2) is 111 Å². The third kappa shape index (κ3) is 14.0. The summed E-state index contributed by atoms with van der Waals surface area (Å²) in [5.74, 6) is -5.14. The van der Waals surface area contributed by atoms with Crippen LogP contribution in [0, 0.1) is 0 Å². The third-order valence-corrected chi connectivity index (χ3v) is 12.4. The Labute approximate surface area is 448 Å². The molecule has 16 heteroatoms. The molecule has 16 nitrogen and oxygen atoms in total. The maximum Gasteiger partial charge on any atom is 0.338 e. The minimum atomic E-state index is -1.68. The Bertz CT molecular complexity index is 3110. The van der Waals surface area contributed by atoms with Crippen molar-refractivity contribution in [2.45, 2.75) is 55.3 Å². The molecular formula is C62H52O16. The smallest absolute Gasteiger partial charge is 0.338 e. The van der Waals surface area contributed by atoms with Crippen LogP contribution in [0.1, 0.15) is 67.7 Å². The third-order valence-electron chi connectivity index (χ3n) is 12.4. The predicted octanol–water partition coefficient (Wildman–Crippen LogP) is 9.17. The number of benzene rings is 7. The van der Waals surface area contributed by atoms with E-state index in [4.69, 9.17) is 47.4 Å². The first-order valence-electron chi connectivity index (χ1n) is 25.0. The Balaban J connectivity index is 1.10. The van der Waals surface area contributed by atoms with Gasteiger partial charge in [-0.05, 0) is 78.4 Å². The van der Waals surface area contributed by atoms with Gasteiger partial charge >= 0.3 is 35.8 Å². The average Bonchev–Trinajstić information content (AvgIpc) is 3.57. The number of esters is 6. The molecule has 0 bridgehead atoms. The largest absolute Gasteiger partial charge is 0.452 e. The molecular weight excluding hydrogens is 1000 g/mol. The minimum absolute atomic E-state index is 0.107. The van der Waals surface area contributed by atoms with E-state index in [0.717, 1.165) is 5.56 Å². The molecule has 0 spiro atoms. The van der Waals surface area contributed by atoms with E-state index in [1.165, 1.54) is 72.8 Å². The highest BCUT2D eigenvalue weighted by Crippen LogP contribution is 2.34. The number of carbonyl (C=O) groups is 6. The van der Waals surface area contributed by atoms with Crippen LogP contribution in [0.15, 0.2) is 218 Å². The molecule has 0 aliphatic carbocycles. The van der Waals surface area contributed by atoms with E-state index in [1.807, 2.05) is 30.3 Å². The predicted molar refractivity (Wildman–Crippen MR) is 280 cm³/mol. The first-order chi connectivity index (χ1) is 38.2. The second-order valence-corrected chi connectivity index (χ2v) is 17.7. The molecule has 0 amide bonds. The molecule has 9 rings (SSSR count). The van der Waals surface area contributed by atoms with Gasteiger partial charge in [0.1, 0.15) is 6.10 Å². The minimum Gasteiger partial charge on any atom is -0.452 e. The van der Waals surface area contributed by atoms with E-state index in [0.29, 0.717) is 0 Å². The standard InChI is InChI=1S/C62H52O16/c63-55(42-26-10-2-11-27-42)72-48-39-70-61(53(77-59(67)46-34-18-6-19-35-46)51(48)75-57(65)44-30-14-4-15-31-44)71-40-49-50(74-56(64)43-28-12-3-13-29-43)52(76-58(66)45-32-16-5-17-33-45)54(78-60(68)47-36-20-7-21-37-47)62(73-49)69-38-22-25-41-23-8-1-9-24-41/h1-37,48-54,61-62H,38-40H2/b25-22+/t48-,49+,50+,51-,52-,53+,54+,61-,62+/m0/s1. The first kappa shape index (κ1) is 53.8. The van der Waals surface area contributed by atoms with Crippen LogP contribution in [0.3, 0.4) is 0 Å². The highest BCUT2D eigenvalue weighted by Gasteiger charge is 2.55. The van der Waals surface area contributed by atoms with Crippen LogP contribution in [-0.2, 0) is 47.4 Å². The molecule has 0 N–H and O–H groups in total. The van der Waals surface area contributed by atoms with Gasteiger partial charge in [0.25, 0.3) is 0 Å². The Morgan fingerprint density at radius 3 is 1.12 bits per heavy atom. The average molecular weight is 1050 g/mol. The van der Waals surface area contributed by atoms with Crippen LogP contribution >= 0.6 is 0 Å². The van der Waals surface area contributed by atoms with Gasteiger partial charge in [-0.2, -0.15) is 0 Å². The number of rotatable bonds is 19. The lowest BCUT2D eigenvalue weighted by Gasteiger charge is -2.45. The van der Waals surface area contributed by atoms with Crippen molar-refractivity contribution in [1.29, 1.82) is 0 Å². The van der Waals surface area contributed by atoms with Gasteiger partial charge in [-0.1, -0.05) is 152 Å². The lowest BCUT2D eigenvalue weighted by molar-refractivity contribution is -0.316. The first-order valence-corrected chi connectivity index (χ1v) is 25.0. The molecule has 0 unspecified atom stereocenters. The van der Waals surface area contributed by atoms with Crippen molar-refractivity contribution in [2.24, 2.45) is 0 Å². The van der Waals surface area contributed by atoms with Gasteiger partial charge in [0.15, 0.2) is 49.2 Å². The topological polar surface area (TPSA) is 195 Å².